The lowest BCUT2D eigenvalue weighted by molar-refractivity contribution is 0.103. The highest BCUT2D eigenvalue weighted by Gasteiger charge is 2.16. The monoisotopic (exact) mass is 313 g/mol. The Kier molecular flexibility index (Phi) is 2.99. The van der Waals surface area contributed by atoms with Gasteiger partial charge in [-0.2, -0.15) is 0 Å². The van der Waals surface area contributed by atoms with Gasteiger partial charge in [0.25, 0.3) is 0 Å². The van der Waals surface area contributed by atoms with Gasteiger partial charge in [-0.3, -0.25) is 4.79 Å². The third-order valence-electron chi connectivity index (χ3n) is 3.27. The number of hydrogen-bond donors (Lipinski definition) is 1. The summed E-state index contributed by atoms with van der Waals surface area (Å²) in [5.74, 6) is 0.0352. The third-order valence-corrected chi connectivity index (χ3v) is 4.32. The van der Waals surface area contributed by atoms with Gasteiger partial charge in [-0.1, -0.05) is 30.3 Å². The van der Waals surface area contributed by atoms with E-state index in [0.717, 1.165) is 20.9 Å². The zero-order valence-corrected chi connectivity index (χ0v) is 12.0. The van der Waals surface area contributed by atoms with Crippen molar-refractivity contribution in [2.45, 2.75) is 6.92 Å². The van der Waals surface area contributed by atoms with Gasteiger partial charge in [0.05, 0.1) is 0 Å². The van der Waals surface area contributed by atoms with Crippen molar-refractivity contribution in [1.29, 1.82) is 0 Å². The maximum absolute atomic E-state index is 12.6. The van der Waals surface area contributed by atoms with Crippen molar-refractivity contribution in [3.05, 3.63) is 69.8 Å². The van der Waals surface area contributed by atoms with E-state index in [1.165, 1.54) is 0 Å². The molecule has 0 amide bonds. The first-order valence-corrected chi connectivity index (χ1v) is 6.83. The fourth-order valence-corrected chi connectivity index (χ4v) is 2.67. The van der Waals surface area contributed by atoms with Crippen LogP contribution >= 0.6 is 15.9 Å². The minimum absolute atomic E-state index is 0.0352. The number of aryl methyl sites for hydroxylation is 1. The number of rotatable bonds is 2. The lowest BCUT2D eigenvalue weighted by Crippen LogP contribution is -2.02. The average molecular weight is 314 g/mol. The largest absolute Gasteiger partial charge is 0.360 e. The molecule has 0 fully saturated rings. The van der Waals surface area contributed by atoms with Crippen LogP contribution < -0.4 is 0 Å². The van der Waals surface area contributed by atoms with Crippen LogP contribution in [0.1, 0.15) is 21.5 Å². The van der Waals surface area contributed by atoms with Gasteiger partial charge in [0.15, 0.2) is 5.78 Å². The maximum Gasteiger partial charge on any atom is 0.196 e. The fourth-order valence-electron chi connectivity index (χ4n) is 2.23. The Morgan fingerprint density at radius 1 is 1.05 bits per heavy atom. The number of nitrogens with one attached hydrogen (secondary N) is 1. The van der Waals surface area contributed by atoms with E-state index in [2.05, 4.69) is 20.9 Å². The molecule has 0 aliphatic heterocycles. The van der Waals surface area contributed by atoms with E-state index in [0.29, 0.717) is 11.1 Å². The summed E-state index contributed by atoms with van der Waals surface area (Å²) in [5.41, 5.74) is 3.45. The highest BCUT2D eigenvalue weighted by Crippen LogP contribution is 2.26. The molecule has 0 saturated carbocycles. The molecule has 0 bridgehead atoms. The maximum atomic E-state index is 12.6. The first kappa shape index (κ1) is 12.2. The Hall–Kier alpha value is -1.87. The van der Waals surface area contributed by atoms with Crippen LogP contribution in [0.4, 0.5) is 0 Å². The van der Waals surface area contributed by atoms with E-state index < -0.39 is 0 Å². The van der Waals surface area contributed by atoms with Crippen LogP contribution in [0.25, 0.3) is 10.9 Å². The van der Waals surface area contributed by atoms with E-state index in [9.17, 15) is 4.79 Å². The number of ketones is 1. The molecule has 2 aromatic carbocycles. The SMILES string of the molecule is Cc1cccc(C(=O)c2c[nH]c3ccccc23)c1Br. The number of carbonyl (C=O) groups is 1. The van der Waals surface area contributed by atoms with Gasteiger partial charge in [-0.05, 0) is 40.5 Å². The van der Waals surface area contributed by atoms with Crippen LogP contribution in [0.2, 0.25) is 0 Å². The van der Waals surface area contributed by atoms with Crippen LogP contribution in [0.3, 0.4) is 0 Å². The predicted molar refractivity (Wildman–Crippen MR) is 80.6 cm³/mol. The van der Waals surface area contributed by atoms with Gasteiger partial charge in [0, 0.05) is 32.7 Å². The molecular weight excluding hydrogens is 302 g/mol. The second-order valence-corrected chi connectivity index (χ2v) is 5.31. The number of fused-ring (bicyclic) bond motifs is 1. The first-order valence-electron chi connectivity index (χ1n) is 6.04. The van der Waals surface area contributed by atoms with E-state index in [4.69, 9.17) is 0 Å². The summed E-state index contributed by atoms with van der Waals surface area (Å²) in [6, 6.07) is 13.6. The minimum atomic E-state index is 0.0352. The van der Waals surface area contributed by atoms with Crippen LogP contribution in [-0.2, 0) is 0 Å². The number of carbonyl (C=O) groups excluding carboxylic acids is 1. The van der Waals surface area contributed by atoms with Crippen LogP contribution in [-0.4, -0.2) is 10.8 Å². The Labute approximate surface area is 119 Å². The lowest BCUT2D eigenvalue weighted by atomic mass is 10.0. The zero-order valence-electron chi connectivity index (χ0n) is 10.4. The van der Waals surface area contributed by atoms with Gasteiger partial charge >= 0.3 is 0 Å². The molecule has 3 aromatic rings. The average Bonchev–Trinajstić information content (AvgIpc) is 2.85. The quantitative estimate of drug-likeness (QED) is 0.696. The van der Waals surface area contributed by atoms with Crippen LogP contribution in [0.5, 0.6) is 0 Å². The highest BCUT2D eigenvalue weighted by atomic mass is 79.9. The number of hydrogen-bond acceptors (Lipinski definition) is 1. The second kappa shape index (κ2) is 4.67. The van der Waals surface area contributed by atoms with Gasteiger partial charge in [-0.25, -0.2) is 0 Å². The summed E-state index contributed by atoms with van der Waals surface area (Å²) in [4.78, 5) is 15.8. The van der Waals surface area contributed by atoms with Crippen molar-refractivity contribution in [2.24, 2.45) is 0 Å². The summed E-state index contributed by atoms with van der Waals surface area (Å²) in [5, 5.41) is 0.959. The molecule has 0 saturated heterocycles. The number of halogens is 1. The Bertz CT molecular complexity index is 773. The molecule has 0 aliphatic rings. The molecule has 1 N–H and O–H groups in total. The first-order chi connectivity index (χ1) is 9.18. The number of aromatic nitrogens is 1. The molecular formula is C16H12BrNO. The normalized spacial score (nSPS) is 10.8. The molecule has 94 valence electrons. The summed E-state index contributed by atoms with van der Waals surface area (Å²) in [6.45, 7) is 1.98. The predicted octanol–water partition coefficient (Wildman–Crippen LogP) is 4.47. The standard InChI is InChI=1S/C16H12BrNO/c1-10-5-4-7-12(15(10)17)16(19)13-9-18-14-8-3-2-6-11(13)14/h2-9,18H,1H3. The van der Waals surface area contributed by atoms with E-state index >= 15 is 0 Å². The summed E-state index contributed by atoms with van der Waals surface area (Å²) >= 11 is 3.50. The molecule has 1 aromatic heterocycles. The molecule has 0 spiro atoms. The molecule has 19 heavy (non-hydrogen) atoms. The number of aromatic amines is 1. The molecule has 1 heterocycles. The van der Waals surface area contributed by atoms with E-state index in [-0.39, 0.29) is 5.78 Å². The highest BCUT2D eigenvalue weighted by molar-refractivity contribution is 9.10. The van der Waals surface area contributed by atoms with Crippen molar-refractivity contribution >= 4 is 32.6 Å². The van der Waals surface area contributed by atoms with Crippen LogP contribution in [0.15, 0.2) is 53.1 Å². The summed E-state index contributed by atoms with van der Waals surface area (Å²) in [7, 11) is 0. The third kappa shape index (κ3) is 2.00. The second-order valence-electron chi connectivity index (χ2n) is 4.51. The topological polar surface area (TPSA) is 32.9 Å². The number of H-pyrrole nitrogens is 1. The van der Waals surface area contributed by atoms with Gasteiger partial charge in [0.2, 0.25) is 0 Å². The summed E-state index contributed by atoms with van der Waals surface area (Å²) < 4.78 is 0.866. The molecule has 0 aliphatic carbocycles. The molecule has 2 nitrogen and oxygen atoms in total. The Morgan fingerprint density at radius 2 is 1.84 bits per heavy atom. The smallest absolute Gasteiger partial charge is 0.196 e. The van der Waals surface area contributed by atoms with Crippen LogP contribution in [0, 0.1) is 6.92 Å². The van der Waals surface area contributed by atoms with Crippen molar-refractivity contribution in [1.82, 2.24) is 4.98 Å². The fraction of sp³-hybridized carbons (Fsp3) is 0.0625. The number of benzene rings is 2. The lowest BCUT2D eigenvalue weighted by Gasteiger charge is -2.05. The zero-order chi connectivity index (χ0) is 13.4. The van der Waals surface area contributed by atoms with E-state index in [1.807, 2.05) is 49.4 Å². The van der Waals surface area contributed by atoms with Crippen molar-refractivity contribution < 1.29 is 4.79 Å². The number of para-hydroxylation sites is 1. The Morgan fingerprint density at radius 3 is 2.68 bits per heavy atom. The van der Waals surface area contributed by atoms with Crippen molar-refractivity contribution in [2.75, 3.05) is 0 Å². The summed E-state index contributed by atoms with van der Waals surface area (Å²) in [6.07, 6.45) is 1.78. The molecule has 0 radical (unpaired) electrons. The molecule has 0 unspecified atom stereocenters. The molecule has 3 rings (SSSR count). The van der Waals surface area contributed by atoms with E-state index in [1.54, 1.807) is 6.20 Å². The van der Waals surface area contributed by atoms with Crippen molar-refractivity contribution in [3.8, 4) is 0 Å². The van der Waals surface area contributed by atoms with Crippen molar-refractivity contribution in [3.63, 3.8) is 0 Å². The van der Waals surface area contributed by atoms with Gasteiger partial charge < -0.3 is 4.98 Å². The minimum Gasteiger partial charge on any atom is -0.360 e. The van der Waals surface area contributed by atoms with Gasteiger partial charge in [-0.15, -0.1) is 0 Å². The molecule has 3 heteroatoms. The Balaban J connectivity index is 2.17. The molecule has 0 atom stereocenters. The van der Waals surface area contributed by atoms with Gasteiger partial charge in [0.1, 0.15) is 0 Å².